The molecule has 0 aromatic carbocycles. The molecule has 0 spiro atoms. The van der Waals surface area contributed by atoms with Crippen LogP contribution in [-0.2, 0) is 4.79 Å². The van der Waals surface area contributed by atoms with Crippen molar-refractivity contribution in [2.24, 2.45) is 5.16 Å². The number of carboxylic acid groups (broad SMARTS) is 1. The second kappa shape index (κ2) is 3.01. The second-order valence-corrected chi connectivity index (χ2v) is 1.21. The first-order valence-corrected chi connectivity index (χ1v) is 2.16. The van der Waals surface area contributed by atoms with Gasteiger partial charge >= 0.3 is 5.97 Å². The van der Waals surface area contributed by atoms with E-state index in [9.17, 15) is 4.79 Å². The van der Waals surface area contributed by atoms with Gasteiger partial charge in [-0.25, -0.2) is 4.79 Å². The third-order valence-corrected chi connectivity index (χ3v) is 0.702. The SMILES string of the molecule is CCC(=NO)C(=O)O. The standard InChI is InChI=1S/C4H7NO3/c1-2-3(5-8)4(6)7/h8H,2H2,1H3,(H,6,7). The summed E-state index contributed by atoms with van der Waals surface area (Å²) in [5.74, 6) is -1.17. The van der Waals surface area contributed by atoms with Crippen molar-refractivity contribution in [2.75, 3.05) is 0 Å². The van der Waals surface area contributed by atoms with Gasteiger partial charge in [-0.3, -0.25) is 0 Å². The van der Waals surface area contributed by atoms with Crippen LogP contribution in [0.1, 0.15) is 13.3 Å². The van der Waals surface area contributed by atoms with E-state index < -0.39 is 5.97 Å². The fraction of sp³-hybridized carbons (Fsp3) is 0.500. The van der Waals surface area contributed by atoms with Crippen LogP contribution in [0.4, 0.5) is 0 Å². The molecule has 0 atom stereocenters. The van der Waals surface area contributed by atoms with Gasteiger partial charge in [0.1, 0.15) is 0 Å². The van der Waals surface area contributed by atoms with Gasteiger partial charge in [-0.15, -0.1) is 0 Å². The molecule has 4 nitrogen and oxygen atoms in total. The number of oxime groups is 1. The minimum Gasteiger partial charge on any atom is -0.477 e. The number of carbonyl (C=O) groups is 1. The molecule has 0 saturated carbocycles. The van der Waals surface area contributed by atoms with Crippen molar-refractivity contribution in [1.82, 2.24) is 0 Å². The van der Waals surface area contributed by atoms with Gasteiger partial charge in [0.05, 0.1) is 0 Å². The van der Waals surface area contributed by atoms with Crippen molar-refractivity contribution in [3.63, 3.8) is 0 Å². The zero-order valence-corrected chi connectivity index (χ0v) is 4.46. The summed E-state index contributed by atoms with van der Waals surface area (Å²) in [6, 6.07) is 0. The third kappa shape index (κ3) is 1.59. The lowest BCUT2D eigenvalue weighted by Crippen LogP contribution is -2.10. The maximum Gasteiger partial charge on any atom is 0.353 e. The predicted molar refractivity (Wildman–Crippen MR) is 27.1 cm³/mol. The lowest BCUT2D eigenvalue weighted by atomic mass is 10.3. The second-order valence-electron chi connectivity index (χ2n) is 1.21. The molecule has 0 bridgehead atoms. The van der Waals surface area contributed by atoms with Crippen molar-refractivity contribution in [3.05, 3.63) is 0 Å². The maximum atomic E-state index is 9.87. The molecular weight excluding hydrogens is 110 g/mol. The molecule has 8 heavy (non-hydrogen) atoms. The lowest BCUT2D eigenvalue weighted by Gasteiger charge is -1.87. The van der Waals surface area contributed by atoms with Crippen molar-refractivity contribution >= 4 is 11.7 Å². The van der Waals surface area contributed by atoms with Crippen LogP contribution in [0, 0.1) is 0 Å². The van der Waals surface area contributed by atoms with E-state index in [-0.39, 0.29) is 12.1 Å². The highest BCUT2D eigenvalue weighted by Crippen LogP contribution is 1.82. The Labute approximate surface area is 46.4 Å². The fourth-order valence-corrected chi connectivity index (χ4v) is 0.265. The molecule has 0 aliphatic carbocycles. The van der Waals surface area contributed by atoms with E-state index in [0.717, 1.165) is 0 Å². The Hall–Kier alpha value is -1.06. The number of carboxylic acids is 1. The molecule has 0 aromatic heterocycles. The normalized spacial score (nSPS) is 11.4. The largest absolute Gasteiger partial charge is 0.477 e. The third-order valence-electron chi connectivity index (χ3n) is 0.702. The van der Waals surface area contributed by atoms with Crippen LogP contribution in [-0.4, -0.2) is 22.0 Å². The summed E-state index contributed by atoms with van der Waals surface area (Å²) < 4.78 is 0. The monoisotopic (exact) mass is 117 g/mol. The van der Waals surface area contributed by atoms with Gasteiger partial charge in [-0.2, -0.15) is 0 Å². The van der Waals surface area contributed by atoms with Crippen molar-refractivity contribution in [2.45, 2.75) is 13.3 Å². The topological polar surface area (TPSA) is 69.9 Å². The highest BCUT2D eigenvalue weighted by atomic mass is 16.4. The minimum absolute atomic E-state index is 0.218. The number of hydrogen-bond donors (Lipinski definition) is 2. The van der Waals surface area contributed by atoms with Crippen LogP contribution in [0.15, 0.2) is 5.16 Å². The van der Waals surface area contributed by atoms with Gasteiger partial charge in [0, 0.05) is 0 Å². The summed E-state index contributed by atoms with van der Waals surface area (Å²) >= 11 is 0. The number of nitrogens with zero attached hydrogens (tertiary/aromatic N) is 1. The highest BCUT2D eigenvalue weighted by molar-refractivity contribution is 6.35. The van der Waals surface area contributed by atoms with Gasteiger partial charge in [0.2, 0.25) is 0 Å². The molecule has 0 saturated heterocycles. The highest BCUT2D eigenvalue weighted by Gasteiger charge is 2.04. The molecule has 0 aliphatic heterocycles. The molecule has 0 heterocycles. The summed E-state index contributed by atoms with van der Waals surface area (Å²) in [6.07, 6.45) is 0.242. The average Bonchev–Trinajstić information content (AvgIpc) is 1.69. The zero-order valence-electron chi connectivity index (χ0n) is 4.46. The Bertz CT molecular complexity index is 118. The molecule has 0 aromatic rings. The summed E-state index contributed by atoms with van der Waals surface area (Å²) in [6.45, 7) is 1.60. The molecule has 0 rings (SSSR count). The van der Waals surface area contributed by atoms with E-state index in [4.69, 9.17) is 10.3 Å². The fourth-order valence-electron chi connectivity index (χ4n) is 0.265. The van der Waals surface area contributed by atoms with E-state index in [2.05, 4.69) is 5.16 Å². The van der Waals surface area contributed by atoms with Gasteiger partial charge < -0.3 is 10.3 Å². The number of aliphatic carboxylic acids is 1. The zero-order chi connectivity index (χ0) is 6.57. The van der Waals surface area contributed by atoms with Crippen molar-refractivity contribution in [3.8, 4) is 0 Å². The van der Waals surface area contributed by atoms with Crippen LogP contribution in [0.3, 0.4) is 0 Å². The molecule has 46 valence electrons. The first kappa shape index (κ1) is 6.94. The predicted octanol–water partition coefficient (Wildman–Crippen LogP) is 0.311. The smallest absolute Gasteiger partial charge is 0.353 e. The van der Waals surface area contributed by atoms with Gasteiger partial charge in [0.25, 0.3) is 0 Å². The Balaban J connectivity index is 3.92. The molecule has 0 fully saturated rings. The summed E-state index contributed by atoms with van der Waals surface area (Å²) in [5.41, 5.74) is -0.218. The summed E-state index contributed by atoms with van der Waals surface area (Å²) in [7, 11) is 0. The molecular formula is C4H7NO3. The van der Waals surface area contributed by atoms with Gasteiger partial charge in [0.15, 0.2) is 5.71 Å². The maximum absolute atomic E-state index is 9.87. The number of rotatable bonds is 2. The number of hydrogen-bond acceptors (Lipinski definition) is 3. The Morgan fingerprint density at radius 2 is 2.25 bits per heavy atom. The van der Waals surface area contributed by atoms with Crippen molar-refractivity contribution < 1.29 is 15.1 Å². The van der Waals surface area contributed by atoms with E-state index >= 15 is 0 Å². The van der Waals surface area contributed by atoms with Crippen molar-refractivity contribution in [1.29, 1.82) is 0 Å². The molecule has 2 N–H and O–H groups in total. The molecule has 0 aliphatic rings. The Morgan fingerprint density at radius 1 is 1.75 bits per heavy atom. The van der Waals surface area contributed by atoms with Crippen LogP contribution >= 0.6 is 0 Å². The lowest BCUT2D eigenvalue weighted by molar-refractivity contribution is -0.129. The Kier molecular flexibility index (Phi) is 2.61. The van der Waals surface area contributed by atoms with E-state index in [1.54, 1.807) is 6.92 Å². The quantitative estimate of drug-likeness (QED) is 0.310. The van der Waals surface area contributed by atoms with Gasteiger partial charge in [-0.1, -0.05) is 12.1 Å². The van der Waals surface area contributed by atoms with E-state index in [0.29, 0.717) is 0 Å². The van der Waals surface area contributed by atoms with Crippen LogP contribution in [0.25, 0.3) is 0 Å². The van der Waals surface area contributed by atoms with E-state index in [1.165, 1.54) is 0 Å². The first-order valence-electron chi connectivity index (χ1n) is 2.16. The van der Waals surface area contributed by atoms with Crippen LogP contribution in [0.2, 0.25) is 0 Å². The minimum atomic E-state index is -1.17. The molecule has 0 unspecified atom stereocenters. The van der Waals surface area contributed by atoms with Gasteiger partial charge in [-0.05, 0) is 6.42 Å². The molecule has 0 radical (unpaired) electrons. The Morgan fingerprint density at radius 3 is 2.25 bits per heavy atom. The first-order chi connectivity index (χ1) is 3.72. The van der Waals surface area contributed by atoms with E-state index in [1.807, 2.05) is 0 Å². The average molecular weight is 117 g/mol. The molecule has 0 amide bonds. The van der Waals surface area contributed by atoms with Crippen LogP contribution in [0.5, 0.6) is 0 Å². The van der Waals surface area contributed by atoms with Crippen LogP contribution < -0.4 is 0 Å². The molecule has 4 heteroatoms. The summed E-state index contributed by atoms with van der Waals surface area (Å²) in [5, 5.41) is 18.5. The summed E-state index contributed by atoms with van der Waals surface area (Å²) in [4.78, 5) is 9.87.